The largest absolute Gasteiger partial charge is 0.497 e. The normalized spacial score (nSPS) is 12.8. The predicted molar refractivity (Wildman–Crippen MR) is 262 cm³/mol. The van der Waals surface area contributed by atoms with Crippen molar-refractivity contribution >= 4 is 129 Å². The van der Waals surface area contributed by atoms with Crippen molar-refractivity contribution < 1.29 is 52.5 Å². The number of rotatable bonds is 7. The number of fused-ring (bicyclic) bond motifs is 20. The van der Waals surface area contributed by atoms with Gasteiger partial charge in [-0.15, -0.1) is 0 Å². The summed E-state index contributed by atoms with van der Waals surface area (Å²) < 4.78 is 27.7. The molecule has 0 saturated heterocycles. The molecule has 0 aliphatic carbocycles. The fourth-order valence-electron chi connectivity index (χ4n) is 9.59. The number of hydrogen-bond acceptors (Lipinski definition) is 11. The number of halogens is 1. The molecule has 17 nitrogen and oxygen atoms in total. The number of nitrogens with zero attached hydrogens (tertiary/aromatic N) is 4. The van der Waals surface area contributed by atoms with E-state index < -0.39 is 23.0 Å². The maximum atomic E-state index is 13.5. The summed E-state index contributed by atoms with van der Waals surface area (Å²) in [5.74, 6) is -0.849. The molecule has 0 radical (unpaired) electrons. The molecule has 2 aliphatic rings. The van der Waals surface area contributed by atoms with Crippen LogP contribution in [-0.2, 0) is 26.1 Å². The number of aryl methyl sites for hydroxylation is 1. The summed E-state index contributed by atoms with van der Waals surface area (Å²) in [4.78, 5) is 84.9. The Balaban J connectivity index is 0.000000142. The Morgan fingerprint density at radius 3 is 1.56 bits per heavy atom. The molecular formula is C52H39ClN6O11. The number of esters is 1. The van der Waals surface area contributed by atoms with Gasteiger partial charge in [0.1, 0.15) is 22.9 Å². The zero-order valence-electron chi connectivity index (χ0n) is 38.0. The van der Waals surface area contributed by atoms with Crippen LogP contribution in [0.4, 0.5) is 0 Å². The van der Waals surface area contributed by atoms with Crippen LogP contribution < -0.4 is 20.1 Å². The van der Waals surface area contributed by atoms with Crippen molar-refractivity contribution in [3.8, 4) is 11.5 Å². The van der Waals surface area contributed by atoms with Gasteiger partial charge >= 0.3 is 5.97 Å². The maximum Gasteiger partial charge on any atom is 0.303 e. The summed E-state index contributed by atoms with van der Waals surface area (Å²) >= 11 is 4.81. The van der Waals surface area contributed by atoms with Crippen LogP contribution in [0.5, 0.6) is 11.5 Å². The number of imide groups is 2. The van der Waals surface area contributed by atoms with E-state index in [-0.39, 0.29) is 42.2 Å². The van der Waals surface area contributed by atoms with Crippen LogP contribution in [0.1, 0.15) is 60.3 Å². The number of allylic oxidation sites excluding steroid dienone is 1. The van der Waals surface area contributed by atoms with E-state index in [0.29, 0.717) is 55.8 Å². The van der Waals surface area contributed by atoms with Crippen molar-refractivity contribution in [1.29, 1.82) is 0 Å². The Morgan fingerprint density at radius 1 is 0.586 bits per heavy atom. The lowest BCUT2D eigenvalue weighted by atomic mass is 10.1. The van der Waals surface area contributed by atoms with Gasteiger partial charge in [0, 0.05) is 51.8 Å². The molecule has 4 amide bonds. The number of nitrogens with one attached hydrogen (secondary N) is 2. The second kappa shape index (κ2) is 17.0. The highest BCUT2D eigenvalue weighted by Gasteiger charge is 2.37. The lowest BCUT2D eigenvalue weighted by molar-refractivity contribution is -0.143. The standard InChI is InChI=1S/C26H19N3O5.C22H15N3O3.C4H5ClO3/c1-13(2)34-12-20(30)29-18-9-8-15(33-3)11-16(18)21-22-24(26(32)27-25(22)31)28-17-7-5-4-6-14(17)10-19(28)23(21)29;1-24-15-8-7-12(28-2)10-13(15)17-18-20(22(27)23-21(18)26)25-14-6-4-3-5-11(14)9-16(25)19(17)24;1-3(6)8-2-4(5)7/h4-11H,1,12H2,2-3H3,(H,27,31,32);3-10H,1-2H3,(H,23,26,27);2H2,1H3. The molecule has 2 N–H and O–H groups in total. The summed E-state index contributed by atoms with van der Waals surface area (Å²) in [5, 5.41) is 8.98. The smallest absolute Gasteiger partial charge is 0.303 e. The van der Waals surface area contributed by atoms with Crippen molar-refractivity contribution in [3.63, 3.8) is 0 Å². The summed E-state index contributed by atoms with van der Waals surface area (Å²) in [5.41, 5.74) is 7.51. The van der Waals surface area contributed by atoms with Gasteiger partial charge in [0.05, 0.1) is 69.7 Å². The van der Waals surface area contributed by atoms with Gasteiger partial charge in [-0.25, -0.2) is 0 Å². The van der Waals surface area contributed by atoms with Gasteiger partial charge in [0.15, 0.2) is 13.2 Å². The van der Waals surface area contributed by atoms with E-state index in [1.807, 2.05) is 84.2 Å². The molecule has 0 unspecified atom stereocenters. The third-order valence-corrected chi connectivity index (χ3v) is 12.4. The van der Waals surface area contributed by atoms with Crippen molar-refractivity contribution in [2.45, 2.75) is 13.8 Å². The topological polar surface area (TPSA) is 199 Å². The molecule has 2 aliphatic heterocycles. The Hall–Kier alpha value is -8.96. The molecular weight excluding hydrogens is 920 g/mol. The fraction of sp³-hybridized carbons (Fsp3) is 0.135. The molecule has 0 bridgehead atoms. The van der Waals surface area contributed by atoms with Crippen LogP contribution in [-0.4, -0.2) is 86.1 Å². The fourth-order valence-corrected chi connectivity index (χ4v) is 9.64. The van der Waals surface area contributed by atoms with Crippen molar-refractivity contribution in [2.24, 2.45) is 7.05 Å². The molecule has 0 spiro atoms. The number of methoxy groups -OCH3 is 2. The van der Waals surface area contributed by atoms with E-state index in [4.69, 9.17) is 25.8 Å². The zero-order valence-corrected chi connectivity index (χ0v) is 38.8. The van der Waals surface area contributed by atoms with Gasteiger partial charge in [-0.2, -0.15) is 0 Å². The van der Waals surface area contributed by atoms with Crippen LogP contribution in [0.15, 0.2) is 109 Å². The molecule has 4 aromatic carbocycles. The Kier molecular flexibility index (Phi) is 10.9. The lowest BCUT2D eigenvalue weighted by Crippen LogP contribution is -2.20. The predicted octanol–water partition coefficient (Wildman–Crippen LogP) is 8.23. The highest BCUT2D eigenvalue weighted by Crippen LogP contribution is 2.43. The number of carbonyl (C=O) groups is 7. The van der Waals surface area contributed by atoms with Crippen molar-refractivity contribution in [2.75, 3.05) is 27.4 Å². The molecule has 12 rings (SSSR count). The van der Waals surface area contributed by atoms with Gasteiger partial charge in [0.2, 0.25) is 0 Å². The van der Waals surface area contributed by atoms with Crippen LogP contribution >= 0.6 is 11.6 Å². The molecule has 10 aromatic rings. The van der Waals surface area contributed by atoms with Crippen LogP contribution in [0.25, 0.3) is 76.5 Å². The third-order valence-electron chi connectivity index (χ3n) is 12.3. The summed E-state index contributed by atoms with van der Waals surface area (Å²) in [6, 6.07) is 30.6. The number of carbonyl (C=O) groups excluding carboxylic acids is 7. The molecule has 0 atom stereocenters. The van der Waals surface area contributed by atoms with Gasteiger partial charge in [-0.3, -0.25) is 48.8 Å². The maximum absolute atomic E-state index is 13.5. The first-order valence-electron chi connectivity index (χ1n) is 21.6. The minimum absolute atomic E-state index is 0.227. The van der Waals surface area contributed by atoms with Crippen molar-refractivity contribution in [3.05, 3.63) is 132 Å². The quantitative estimate of drug-likeness (QED) is 0.0675. The van der Waals surface area contributed by atoms with E-state index in [2.05, 4.69) is 32.6 Å². The number of aromatic nitrogens is 4. The molecule has 18 heteroatoms. The van der Waals surface area contributed by atoms with Crippen LogP contribution in [0, 0.1) is 0 Å². The van der Waals surface area contributed by atoms with E-state index >= 15 is 0 Å². The van der Waals surface area contributed by atoms with Crippen molar-refractivity contribution in [1.82, 2.24) is 28.6 Å². The van der Waals surface area contributed by atoms with Gasteiger partial charge in [-0.05, 0) is 79.2 Å². The monoisotopic (exact) mass is 958 g/mol. The third kappa shape index (κ3) is 6.96. The second-order valence-electron chi connectivity index (χ2n) is 16.5. The van der Waals surface area contributed by atoms with E-state index in [0.717, 1.165) is 49.1 Å². The van der Waals surface area contributed by atoms with Gasteiger partial charge < -0.3 is 32.3 Å². The molecule has 8 heterocycles. The molecule has 0 saturated carbocycles. The molecule has 350 valence electrons. The second-order valence-corrected chi connectivity index (χ2v) is 16.9. The number of para-hydroxylation sites is 2. The summed E-state index contributed by atoms with van der Waals surface area (Å²) in [7, 11) is 5.14. The average molecular weight is 959 g/mol. The van der Waals surface area contributed by atoms with Crippen LogP contribution in [0.3, 0.4) is 0 Å². The first-order chi connectivity index (χ1) is 33.6. The molecule has 0 fully saturated rings. The first-order valence-corrected chi connectivity index (χ1v) is 22.0. The molecule has 6 aromatic heterocycles. The molecule has 70 heavy (non-hydrogen) atoms. The number of benzene rings is 4. The number of pyridine rings is 2. The minimum atomic E-state index is -0.666. The van der Waals surface area contributed by atoms with E-state index in [9.17, 15) is 33.6 Å². The highest BCUT2D eigenvalue weighted by atomic mass is 35.5. The Morgan fingerprint density at radius 2 is 1.07 bits per heavy atom. The number of hydrogen-bond donors (Lipinski definition) is 2. The highest BCUT2D eigenvalue weighted by molar-refractivity contribution is 6.64. The summed E-state index contributed by atoms with van der Waals surface area (Å²) in [6.45, 7) is 6.02. The van der Waals surface area contributed by atoms with E-state index in [1.54, 1.807) is 48.3 Å². The average Bonchev–Trinajstić information content (AvgIpc) is 4.18. The van der Waals surface area contributed by atoms with E-state index in [1.165, 1.54) is 6.92 Å². The minimum Gasteiger partial charge on any atom is -0.497 e. The van der Waals surface area contributed by atoms with Gasteiger partial charge in [0.25, 0.3) is 34.8 Å². The SMILES string of the molecule is C=C(C)OCC(=O)n1c2ccc(OC)cc2c2c3c(n4c5ccccc5cc4c21)C(=O)NC3=O.CC(=O)OCC(=O)Cl.COc1ccc2c(c1)c1c3c(n4c5ccccc5cc4c1n2C)C(=O)NC3=O. The van der Waals surface area contributed by atoms with Gasteiger partial charge in [-0.1, -0.05) is 43.0 Å². The van der Waals surface area contributed by atoms with Crippen LogP contribution in [0.2, 0.25) is 0 Å². The lowest BCUT2D eigenvalue weighted by Gasteiger charge is -2.11. The number of amides is 4. The zero-order chi connectivity index (χ0) is 49.4. The Bertz CT molecular complexity index is 4030. The first kappa shape index (κ1) is 44.9. The summed E-state index contributed by atoms with van der Waals surface area (Å²) in [6.07, 6.45) is 0. The Labute approximate surface area is 400 Å². The number of ether oxygens (including phenoxy) is 4.